The van der Waals surface area contributed by atoms with Crippen LogP contribution in [0.1, 0.15) is 26.7 Å². The second-order valence-electron chi connectivity index (χ2n) is 4.11. The smallest absolute Gasteiger partial charge is 0.317 e. The number of cyclic esters (lactones) is 1. The summed E-state index contributed by atoms with van der Waals surface area (Å²) < 4.78 is 5.13. The number of ketones is 1. The molecule has 2 unspecified atom stereocenters. The van der Waals surface area contributed by atoms with Gasteiger partial charge in [-0.05, 0) is 20.3 Å². The fourth-order valence-electron chi connectivity index (χ4n) is 2.29. The van der Waals surface area contributed by atoms with Gasteiger partial charge in [0.1, 0.15) is 17.3 Å². The van der Waals surface area contributed by atoms with E-state index in [1.807, 2.05) is 13.8 Å². The van der Waals surface area contributed by atoms with Crippen LogP contribution in [0.2, 0.25) is 0 Å². The molecule has 0 aromatic rings. The maximum Gasteiger partial charge on any atom is 0.317 e. The van der Waals surface area contributed by atoms with Crippen molar-refractivity contribution in [2.45, 2.75) is 32.3 Å². The Morgan fingerprint density at radius 1 is 1.42 bits per heavy atom. The minimum absolute atomic E-state index is 0.0653. The maximum absolute atomic E-state index is 11.3. The minimum Gasteiger partial charge on any atom is -0.459 e. The van der Waals surface area contributed by atoms with Gasteiger partial charge in [0.05, 0.1) is 0 Å². The van der Waals surface area contributed by atoms with Crippen molar-refractivity contribution in [1.29, 1.82) is 0 Å². The Morgan fingerprint density at radius 2 is 2.08 bits per heavy atom. The van der Waals surface area contributed by atoms with Crippen LogP contribution in [-0.2, 0) is 14.3 Å². The third-order valence-corrected chi connectivity index (χ3v) is 2.96. The highest BCUT2D eigenvalue weighted by molar-refractivity contribution is 6.02. The molecule has 0 aromatic carbocycles. The molecule has 2 fully saturated rings. The third kappa shape index (κ3) is 0.822. The van der Waals surface area contributed by atoms with Gasteiger partial charge in [0.15, 0.2) is 0 Å². The van der Waals surface area contributed by atoms with Crippen molar-refractivity contribution in [3.8, 4) is 0 Å². The SMILES string of the molecule is CC1(C)OC(=O)C2C(=O)CCC21. The van der Waals surface area contributed by atoms with Crippen LogP contribution in [0.3, 0.4) is 0 Å². The van der Waals surface area contributed by atoms with Crippen LogP contribution in [0.5, 0.6) is 0 Å². The van der Waals surface area contributed by atoms with Crippen LogP contribution >= 0.6 is 0 Å². The molecule has 0 spiro atoms. The molecule has 1 heterocycles. The normalized spacial score (nSPS) is 38.2. The molecule has 3 heteroatoms. The van der Waals surface area contributed by atoms with Crippen molar-refractivity contribution >= 4 is 11.8 Å². The summed E-state index contributed by atoms with van der Waals surface area (Å²) in [5.74, 6) is -0.569. The lowest BCUT2D eigenvalue weighted by Gasteiger charge is -2.22. The Kier molecular flexibility index (Phi) is 1.35. The first kappa shape index (κ1) is 7.77. The molecule has 0 amide bonds. The predicted molar refractivity (Wildman–Crippen MR) is 41.4 cm³/mol. The number of esters is 1. The van der Waals surface area contributed by atoms with Gasteiger partial charge >= 0.3 is 5.97 Å². The molecule has 2 atom stereocenters. The molecule has 1 saturated carbocycles. The number of ether oxygens (including phenoxy) is 1. The van der Waals surface area contributed by atoms with Crippen LogP contribution < -0.4 is 0 Å². The molecule has 3 nitrogen and oxygen atoms in total. The summed E-state index contributed by atoms with van der Waals surface area (Å²) in [6.07, 6.45) is 1.36. The fourth-order valence-corrected chi connectivity index (χ4v) is 2.29. The number of hydrogen-bond acceptors (Lipinski definition) is 3. The van der Waals surface area contributed by atoms with Gasteiger partial charge in [-0.15, -0.1) is 0 Å². The lowest BCUT2D eigenvalue weighted by Crippen LogP contribution is -2.27. The molecule has 0 bridgehead atoms. The first-order chi connectivity index (χ1) is 5.52. The molecule has 2 rings (SSSR count). The van der Waals surface area contributed by atoms with Gasteiger partial charge in [-0.3, -0.25) is 9.59 Å². The Bertz CT molecular complexity index is 254. The van der Waals surface area contributed by atoms with Crippen molar-refractivity contribution in [2.75, 3.05) is 0 Å². The average molecular weight is 168 g/mol. The molecular weight excluding hydrogens is 156 g/mol. The first-order valence-corrected chi connectivity index (χ1v) is 4.28. The number of carbonyl (C=O) groups is 2. The monoisotopic (exact) mass is 168 g/mol. The first-order valence-electron chi connectivity index (χ1n) is 4.28. The van der Waals surface area contributed by atoms with E-state index in [4.69, 9.17) is 4.74 Å². The zero-order valence-electron chi connectivity index (χ0n) is 7.29. The Labute approximate surface area is 71.1 Å². The second-order valence-corrected chi connectivity index (χ2v) is 4.11. The lowest BCUT2D eigenvalue weighted by atomic mass is 9.86. The molecule has 1 saturated heterocycles. The standard InChI is InChI=1S/C9H12O3/c1-9(2)5-3-4-6(10)7(5)8(11)12-9/h5,7H,3-4H2,1-2H3. The molecule has 1 aliphatic heterocycles. The van der Waals surface area contributed by atoms with E-state index in [0.29, 0.717) is 6.42 Å². The highest BCUT2D eigenvalue weighted by Gasteiger charge is 2.55. The zero-order valence-corrected chi connectivity index (χ0v) is 7.29. The van der Waals surface area contributed by atoms with Crippen LogP contribution in [0.25, 0.3) is 0 Å². The van der Waals surface area contributed by atoms with E-state index in [9.17, 15) is 9.59 Å². The molecule has 66 valence electrons. The van der Waals surface area contributed by atoms with E-state index in [2.05, 4.69) is 0 Å². The van der Waals surface area contributed by atoms with Gasteiger partial charge in [0.2, 0.25) is 0 Å². The average Bonchev–Trinajstić information content (AvgIpc) is 2.38. The van der Waals surface area contributed by atoms with Crippen molar-refractivity contribution < 1.29 is 14.3 Å². The fraction of sp³-hybridized carbons (Fsp3) is 0.778. The zero-order chi connectivity index (χ0) is 8.93. The molecular formula is C9H12O3. The van der Waals surface area contributed by atoms with E-state index in [1.54, 1.807) is 0 Å². The predicted octanol–water partition coefficient (Wildman–Crippen LogP) is 0.917. The molecule has 2 aliphatic rings. The van der Waals surface area contributed by atoms with Crippen LogP contribution in [0.4, 0.5) is 0 Å². The van der Waals surface area contributed by atoms with Gasteiger partial charge < -0.3 is 4.74 Å². The minimum atomic E-state index is -0.444. The summed E-state index contributed by atoms with van der Waals surface area (Å²) in [5, 5.41) is 0. The summed E-state index contributed by atoms with van der Waals surface area (Å²) >= 11 is 0. The molecule has 1 aliphatic carbocycles. The van der Waals surface area contributed by atoms with Gasteiger partial charge in [-0.1, -0.05) is 0 Å². The number of fused-ring (bicyclic) bond motifs is 1. The summed E-state index contributed by atoms with van der Waals surface area (Å²) in [6, 6.07) is 0. The van der Waals surface area contributed by atoms with E-state index < -0.39 is 11.5 Å². The molecule has 0 radical (unpaired) electrons. The van der Waals surface area contributed by atoms with Crippen LogP contribution in [-0.4, -0.2) is 17.4 Å². The lowest BCUT2D eigenvalue weighted by molar-refractivity contribution is -0.150. The number of carbonyl (C=O) groups excluding carboxylic acids is 2. The summed E-state index contributed by atoms with van der Waals surface area (Å²) in [7, 11) is 0. The van der Waals surface area contributed by atoms with Crippen molar-refractivity contribution in [3.05, 3.63) is 0 Å². The van der Waals surface area contributed by atoms with Crippen molar-refractivity contribution in [2.24, 2.45) is 11.8 Å². The number of Topliss-reactive ketones (excluding diaryl/α,β-unsaturated/α-hetero) is 1. The van der Waals surface area contributed by atoms with E-state index in [1.165, 1.54) is 0 Å². The van der Waals surface area contributed by atoms with Gasteiger partial charge in [-0.2, -0.15) is 0 Å². The maximum atomic E-state index is 11.3. The summed E-state index contributed by atoms with van der Waals surface area (Å²) in [6.45, 7) is 3.77. The topological polar surface area (TPSA) is 43.4 Å². The molecule has 12 heavy (non-hydrogen) atoms. The van der Waals surface area contributed by atoms with E-state index >= 15 is 0 Å². The number of hydrogen-bond donors (Lipinski definition) is 0. The van der Waals surface area contributed by atoms with E-state index in [-0.39, 0.29) is 17.7 Å². The van der Waals surface area contributed by atoms with Crippen LogP contribution in [0.15, 0.2) is 0 Å². The third-order valence-electron chi connectivity index (χ3n) is 2.96. The largest absolute Gasteiger partial charge is 0.459 e. The Morgan fingerprint density at radius 3 is 2.67 bits per heavy atom. The molecule has 0 aromatic heterocycles. The van der Waals surface area contributed by atoms with Crippen LogP contribution in [0, 0.1) is 11.8 Å². The summed E-state index contributed by atoms with van der Waals surface area (Å²) in [5.41, 5.74) is -0.423. The van der Waals surface area contributed by atoms with Gasteiger partial charge in [0.25, 0.3) is 0 Å². The second kappa shape index (κ2) is 2.09. The van der Waals surface area contributed by atoms with Crippen molar-refractivity contribution in [3.63, 3.8) is 0 Å². The van der Waals surface area contributed by atoms with Crippen molar-refractivity contribution in [1.82, 2.24) is 0 Å². The summed E-state index contributed by atoms with van der Waals surface area (Å²) in [4.78, 5) is 22.5. The Balaban J connectivity index is 2.35. The van der Waals surface area contributed by atoms with Gasteiger partial charge in [-0.25, -0.2) is 0 Å². The van der Waals surface area contributed by atoms with Gasteiger partial charge in [0, 0.05) is 12.3 Å². The highest BCUT2D eigenvalue weighted by atomic mass is 16.6. The number of rotatable bonds is 0. The van der Waals surface area contributed by atoms with E-state index in [0.717, 1.165) is 6.42 Å². The Hall–Kier alpha value is -0.860. The molecule has 0 N–H and O–H groups in total. The highest BCUT2D eigenvalue weighted by Crippen LogP contribution is 2.45. The quantitative estimate of drug-likeness (QED) is 0.399.